The number of methoxy groups -OCH3 is 2. The molecule has 1 aliphatic rings. The number of carbonyl (C=O) groups excluding carboxylic acids is 1. The first-order chi connectivity index (χ1) is 12.5. The van der Waals surface area contributed by atoms with Crippen LogP contribution in [0.15, 0.2) is 50.8 Å². The summed E-state index contributed by atoms with van der Waals surface area (Å²) in [6.45, 7) is 0. The smallest absolute Gasteiger partial charge is 0.264 e. The minimum absolute atomic E-state index is 0.211. The monoisotopic (exact) mass is 452 g/mol. The molecule has 5 nitrogen and oxygen atoms in total. The maximum atomic E-state index is 12.3. The van der Waals surface area contributed by atoms with E-state index in [1.807, 2.05) is 12.1 Å². The molecule has 0 aromatic heterocycles. The average Bonchev–Trinajstić information content (AvgIpc) is 2.95. The zero-order chi connectivity index (χ0) is 18.7. The minimum atomic E-state index is -0.211. The van der Waals surface area contributed by atoms with Gasteiger partial charge in [-0.15, -0.1) is 0 Å². The van der Waals surface area contributed by atoms with Crippen molar-refractivity contribution in [3.05, 3.63) is 56.4 Å². The van der Waals surface area contributed by atoms with E-state index in [0.29, 0.717) is 36.8 Å². The number of amidine groups is 1. The van der Waals surface area contributed by atoms with Crippen molar-refractivity contribution >= 4 is 62.1 Å². The molecule has 1 heterocycles. The lowest BCUT2D eigenvalue weighted by Crippen LogP contribution is -2.19. The van der Waals surface area contributed by atoms with Gasteiger partial charge in [0.2, 0.25) is 0 Å². The Labute approximate surface area is 168 Å². The lowest BCUT2D eigenvalue weighted by molar-refractivity contribution is -0.115. The van der Waals surface area contributed by atoms with E-state index in [9.17, 15) is 4.79 Å². The van der Waals surface area contributed by atoms with Gasteiger partial charge in [-0.25, -0.2) is 4.99 Å². The van der Waals surface area contributed by atoms with Crippen LogP contribution in [0, 0.1) is 0 Å². The summed E-state index contributed by atoms with van der Waals surface area (Å²) in [4.78, 5) is 17.2. The summed E-state index contributed by atoms with van der Waals surface area (Å²) in [5.41, 5.74) is 1.47. The summed E-state index contributed by atoms with van der Waals surface area (Å²) in [5.74, 6) is 0.962. The van der Waals surface area contributed by atoms with Gasteiger partial charge in [0, 0.05) is 5.02 Å². The topological polar surface area (TPSA) is 59.9 Å². The van der Waals surface area contributed by atoms with Crippen LogP contribution in [-0.4, -0.2) is 25.3 Å². The largest absolute Gasteiger partial charge is 0.493 e. The van der Waals surface area contributed by atoms with E-state index in [2.05, 4.69) is 26.2 Å². The lowest BCUT2D eigenvalue weighted by atomic mass is 10.2. The van der Waals surface area contributed by atoms with Crippen LogP contribution in [0.3, 0.4) is 0 Å². The van der Waals surface area contributed by atoms with E-state index in [1.165, 1.54) is 11.8 Å². The summed E-state index contributed by atoms with van der Waals surface area (Å²) >= 11 is 10.7. The highest BCUT2D eigenvalue weighted by atomic mass is 79.9. The molecule has 0 atom stereocenters. The Bertz CT molecular complexity index is 931. The van der Waals surface area contributed by atoms with Crippen LogP contribution in [0.4, 0.5) is 5.69 Å². The molecule has 1 fully saturated rings. The number of amides is 1. The maximum absolute atomic E-state index is 12.3. The molecule has 3 rings (SSSR count). The Kier molecular flexibility index (Phi) is 5.90. The predicted octanol–water partition coefficient (Wildman–Crippen LogP) is 5.01. The molecular formula is C18H14BrClN2O3S. The van der Waals surface area contributed by atoms with E-state index < -0.39 is 0 Å². The molecule has 0 saturated carbocycles. The van der Waals surface area contributed by atoms with Crippen molar-refractivity contribution in [1.29, 1.82) is 0 Å². The van der Waals surface area contributed by atoms with Gasteiger partial charge in [-0.1, -0.05) is 17.7 Å². The highest BCUT2D eigenvalue weighted by Gasteiger charge is 2.24. The third-order valence-corrected chi connectivity index (χ3v) is 5.45. The molecule has 8 heteroatoms. The second-order valence-corrected chi connectivity index (χ2v) is 7.43. The van der Waals surface area contributed by atoms with E-state index in [0.717, 1.165) is 5.56 Å². The average molecular weight is 454 g/mol. The van der Waals surface area contributed by atoms with Crippen LogP contribution in [0.1, 0.15) is 5.56 Å². The third-order valence-electron chi connectivity index (χ3n) is 3.49. The third kappa shape index (κ3) is 4.06. The van der Waals surface area contributed by atoms with Crippen molar-refractivity contribution in [2.45, 2.75) is 0 Å². The quantitative estimate of drug-likeness (QED) is 0.661. The molecule has 2 aromatic rings. The first-order valence-corrected chi connectivity index (χ1v) is 9.46. The Hall–Kier alpha value is -1.96. The van der Waals surface area contributed by atoms with Crippen molar-refractivity contribution in [2.24, 2.45) is 4.99 Å². The number of hydrogen-bond acceptors (Lipinski definition) is 5. The maximum Gasteiger partial charge on any atom is 0.264 e. The van der Waals surface area contributed by atoms with Crippen LogP contribution in [-0.2, 0) is 4.79 Å². The van der Waals surface area contributed by atoms with Gasteiger partial charge in [0.15, 0.2) is 16.7 Å². The Balaban J connectivity index is 1.90. The van der Waals surface area contributed by atoms with Crippen LogP contribution in [0.25, 0.3) is 6.08 Å². The minimum Gasteiger partial charge on any atom is -0.493 e. The first kappa shape index (κ1) is 18.8. The summed E-state index contributed by atoms with van der Waals surface area (Å²) in [5, 5.41) is 3.84. The van der Waals surface area contributed by atoms with Crippen molar-refractivity contribution in [3.8, 4) is 11.5 Å². The molecular weight excluding hydrogens is 440 g/mol. The number of carbonyl (C=O) groups is 1. The number of nitrogens with one attached hydrogen (secondary N) is 1. The number of rotatable bonds is 4. The lowest BCUT2D eigenvalue weighted by Gasteiger charge is -2.11. The molecule has 0 spiro atoms. The van der Waals surface area contributed by atoms with Gasteiger partial charge in [-0.05, 0) is 69.7 Å². The normalized spacial score (nSPS) is 16.8. The van der Waals surface area contributed by atoms with E-state index in [4.69, 9.17) is 21.1 Å². The van der Waals surface area contributed by atoms with Gasteiger partial charge in [0.25, 0.3) is 5.91 Å². The summed E-state index contributed by atoms with van der Waals surface area (Å²) in [7, 11) is 3.13. The number of thioether (sulfide) groups is 1. The molecule has 1 aliphatic heterocycles. The Morgan fingerprint density at radius 3 is 2.73 bits per heavy atom. The first-order valence-electron chi connectivity index (χ1n) is 7.47. The number of halogens is 2. The van der Waals surface area contributed by atoms with Gasteiger partial charge in [-0.3, -0.25) is 4.79 Å². The molecule has 0 aliphatic carbocycles. The number of ether oxygens (including phenoxy) is 2. The zero-order valence-electron chi connectivity index (χ0n) is 13.9. The number of benzene rings is 2. The van der Waals surface area contributed by atoms with Crippen molar-refractivity contribution in [3.63, 3.8) is 0 Å². The fourth-order valence-corrected chi connectivity index (χ4v) is 3.92. The van der Waals surface area contributed by atoms with Gasteiger partial charge < -0.3 is 14.8 Å². The fraction of sp³-hybridized carbons (Fsp3) is 0.111. The summed E-state index contributed by atoms with van der Waals surface area (Å²) < 4.78 is 11.3. The standard InChI is InChI=1S/C18H14BrClN2O3S/c1-24-13-7-6-10(15(19)16(13)25-2)8-14-17(23)22-18(26-14)21-12-5-3-4-11(20)9-12/h3-9H,1-2H3,(H,21,22,23)/b14-8+. The number of hydrogen-bond donors (Lipinski definition) is 1. The predicted molar refractivity (Wildman–Crippen MR) is 110 cm³/mol. The highest BCUT2D eigenvalue weighted by Crippen LogP contribution is 2.39. The van der Waals surface area contributed by atoms with Crippen molar-refractivity contribution < 1.29 is 14.3 Å². The second kappa shape index (κ2) is 8.16. The van der Waals surface area contributed by atoms with Gasteiger partial charge in [-0.2, -0.15) is 0 Å². The molecule has 134 valence electrons. The van der Waals surface area contributed by atoms with Crippen LogP contribution < -0.4 is 14.8 Å². The number of nitrogens with zero attached hydrogens (tertiary/aromatic N) is 1. The fourth-order valence-electron chi connectivity index (χ4n) is 2.30. The van der Waals surface area contributed by atoms with Crippen LogP contribution in [0.2, 0.25) is 5.02 Å². The molecule has 0 unspecified atom stereocenters. The SMILES string of the molecule is COc1ccc(/C=C2/SC(=Nc3cccc(Cl)c3)NC2=O)c(Br)c1OC. The van der Waals surface area contributed by atoms with Crippen molar-refractivity contribution in [2.75, 3.05) is 14.2 Å². The molecule has 26 heavy (non-hydrogen) atoms. The van der Waals surface area contributed by atoms with E-state index in [-0.39, 0.29) is 5.91 Å². The van der Waals surface area contributed by atoms with Gasteiger partial charge >= 0.3 is 0 Å². The molecule has 1 amide bonds. The van der Waals surface area contributed by atoms with Gasteiger partial charge in [0.1, 0.15) is 0 Å². The van der Waals surface area contributed by atoms with E-state index in [1.54, 1.807) is 44.6 Å². The van der Waals surface area contributed by atoms with Crippen LogP contribution >= 0.6 is 39.3 Å². The summed E-state index contributed by atoms with van der Waals surface area (Å²) in [6.07, 6.45) is 1.77. The van der Waals surface area contributed by atoms with Crippen LogP contribution in [0.5, 0.6) is 11.5 Å². The molecule has 0 radical (unpaired) electrons. The Morgan fingerprint density at radius 2 is 2.04 bits per heavy atom. The zero-order valence-corrected chi connectivity index (χ0v) is 17.0. The molecule has 0 bridgehead atoms. The summed E-state index contributed by atoms with van der Waals surface area (Å²) in [6, 6.07) is 10.8. The van der Waals surface area contributed by atoms with Gasteiger partial charge in [0.05, 0.1) is 29.3 Å². The molecule has 1 saturated heterocycles. The molecule has 1 N–H and O–H groups in total. The molecule has 2 aromatic carbocycles. The van der Waals surface area contributed by atoms with E-state index >= 15 is 0 Å². The Morgan fingerprint density at radius 1 is 1.23 bits per heavy atom. The second-order valence-electron chi connectivity index (χ2n) is 5.17. The van der Waals surface area contributed by atoms with Crippen molar-refractivity contribution in [1.82, 2.24) is 5.32 Å². The number of aliphatic imine (C=N–C) groups is 1. The highest BCUT2D eigenvalue weighted by molar-refractivity contribution is 9.10.